The lowest BCUT2D eigenvalue weighted by atomic mass is 9.69. The molecule has 3 aromatic rings. The van der Waals surface area contributed by atoms with Gasteiger partial charge in [-0.3, -0.25) is 19.5 Å². The molecule has 2 saturated heterocycles. The van der Waals surface area contributed by atoms with Crippen LogP contribution in [0.25, 0.3) is 0 Å². The van der Waals surface area contributed by atoms with Gasteiger partial charge in [0.15, 0.2) is 5.78 Å². The highest BCUT2D eigenvalue weighted by molar-refractivity contribution is 7.99. The number of thioether (sulfide) groups is 1. The highest BCUT2D eigenvalue weighted by Crippen LogP contribution is 2.61. The summed E-state index contributed by atoms with van der Waals surface area (Å²) in [5.41, 5.74) is 1.15. The number of benzene rings is 2. The van der Waals surface area contributed by atoms with Crippen LogP contribution in [0, 0.1) is 11.7 Å². The molecule has 1 amide bonds. The Balaban J connectivity index is 1.63. The highest BCUT2D eigenvalue weighted by atomic mass is 35.5. The molecule has 3 aliphatic heterocycles. The summed E-state index contributed by atoms with van der Waals surface area (Å²) in [6, 6.07) is 15.2. The maximum absolute atomic E-state index is 14.5. The molecule has 3 aliphatic rings. The zero-order chi connectivity index (χ0) is 22.7. The van der Waals surface area contributed by atoms with Crippen molar-refractivity contribution >= 4 is 40.7 Å². The molecule has 2 fully saturated rings. The lowest BCUT2D eigenvalue weighted by Gasteiger charge is -2.36. The van der Waals surface area contributed by atoms with Gasteiger partial charge in [0.1, 0.15) is 11.4 Å². The van der Waals surface area contributed by atoms with Crippen LogP contribution in [0.4, 0.5) is 10.1 Å². The minimum atomic E-state index is -1.30. The number of nitrogens with zero attached hydrogens (tertiary/aromatic N) is 2. The molecular weight excluding hydrogens is 461 g/mol. The molecule has 1 N–H and O–H groups in total. The zero-order valence-electron chi connectivity index (χ0n) is 17.4. The summed E-state index contributed by atoms with van der Waals surface area (Å²) in [5, 5.41) is 3.54. The van der Waals surface area contributed by atoms with Gasteiger partial charge in [-0.15, -0.1) is 11.8 Å². The number of amides is 1. The third kappa shape index (κ3) is 2.92. The first-order chi connectivity index (χ1) is 16.0. The smallest absolute Gasteiger partial charge is 0.250 e. The van der Waals surface area contributed by atoms with Crippen molar-refractivity contribution < 1.29 is 14.0 Å². The number of carbonyl (C=O) groups excluding carboxylic acids is 2. The maximum Gasteiger partial charge on any atom is 0.250 e. The zero-order valence-corrected chi connectivity index (χ0v) is 18.9. The van der Waals surface area contributed by atoms with Gasteiger partial charge < -0.3 is 5.32 Å². The molecule has 0 radical (unpaired) electrons. The molecule has 166 valence electrons. The first-order valence-corrected chi connectivity index (χ1v) is 12.2. The predicted molar refractivity (Wildman–Crippen MR) is 126 cm³/mol. The second-order valence-electron chi connectivity index (χ2n) is 8.61. The van der Waals surface area contributed by atoms with E-state index in [1.54, 1.807) is 36.2 Å². The summed E-state index contributed by atoms with van der Waals surface area (Å²) in [7, 11) is 0. The molecule has 0 aliphatic carbocycles. The van der Waals surface area contributed by atoms with Gasteiger partial charge in [0, 0.05) is 57.8 Å². The Morgan fingerprint density at radius 3 is 2.79 bits per heavy atom. The second-order valence-corrected chi connectivity index (χ2v) is 10.0. The van der Waals surface area contributed by atoms with Gasteiger partial charge in [-0.2, -0.15) is 0 Å². The number of anilines is 1. The largest absolute Gasteiger partial charge is 0.324 e. The van der Waals surface area contributed by atoms with Gasteiger partial charge in [0.25, 0.3) is 0 Å². The fourth-order valence-electron chi connectivity index (χ4n) is 5.79. The number of Topliss-reactive ketones (excluding diaryl/α,β-unsaturated/α-hetero) is 1. The van der Waals surface area contributed by atoms with E-state index in [0.29, 0.717) is 27.7 Å². The number of hydrogen-bond donors (Lipinski definition) is 1. The summed E-state index contributed by atoms with van der Waals surface area (Å²) in [6.07, 6.45) is 3.15. The van der Waals surface area contributed by atoms with Crippen LogP contribution in [0.3, 0.4) is 0 Å². The lowest BCUT2D eigenvalue weighted by molar-refractivity contribution is -0.127. The van der Waals surface area contributed by atoms with Crippen molar-refractivity contribution in [3.05, 3.63) is 94.5 Å². The van der Waals surface area contributed by atoms with Crippen molar-refractivity contribution in [2.75, 3.05) is 16.9 Å². The minimum Gasteiger partial charge on any atom is -0.324 e. The van der Waals surface area contributed by atoms with Crippen LogP contribution >= 0.6 is 23.4 Å². The van der Waals surface area contributed by atoms with Crippen LogP contribution in [0.15, 0.2) is 67.0 Å². The van der Waals surface area contributed by atoms with E-state index in [0.717, 1.165) is 11.3 Å². The van der Waals surface area contributed by atoms with Crippen molar-refractivity contribution in [2.45, 2.75) is 17.5 Å². The number of halogens is 2. The van der Waals surface area contributed by atoms with Gasteiger partial charge in [0.05, 0.1) is 5.92 Å². The summed E-state index contributed by atoms with van der Waals surface area (Å²) >= 11 is 7.88. The van der Waals surface area contributed by atoms with Crippen molar-refractivity contribution in [3.8, 4) is 0 Å². The van der Waals surface area contributed by atoms with E-state index >= 15 is 0 Å². The van der Waals surface area contributed by atoms with E-state index in [9.17, 15) is 14.0 Å². The van der Waals surface area contributed by atoms with Crippen LogP contribution in [0.1, 0.15) is 27.4 Å². The predicted octanol–water partition coefficient (Wildman–Crippen LogP) is 4.69. The average molecular weight is 480 g/mol. The van der Waals surface area contributed by atoms with Crippen LogP contribution < -0.4 is 5.32 Å². The van der Waals surface area contributed by atoms with Crippen molar-refractivity contribution in [2.24, 2.45) is 5.92 Å². The van der Waals surface area contributed by atoms with Gasteiger partial charge in [-0.25, -0.2) is 4.39 Å². The molecule has 4 heterocycles. The molecule has 0 bridgehead atoms. The summed E-state index contributed by atoms with van der Waals surface area (Å²) < 4.78 is 14.5. The highest BCUT2D eigenvalue weighted by Gasteiger charge is 2.69. The van der Waals surface area contributed by atoms with E-state index in [1.807, 2.05) is 24.3 Å². The maximum atomic E-state index is 14.5. The lowest BCUT2D eigenvalue weighted by Crippen LogP contribution is -2.52. The Morgan fingerprint density at radius 2 is 2.03 bits per heavy atom. The van der Waals surface area contributed by atoms with Crippen molar-refractivity contribution in [1.29, 1.82) is 0 Å². The molecule has 33 heavy (non-hydrogen) atoms. The van der Waals surface area contributed by atoms with E-state index in [1.165, 1.54) is 18.3 Å². The topological polar surface area (TPSA) is 62.3 Å². The molecule has 6 rings (SSSR count). The quantitative estimate of drug-likeness (QED) is 0.552. The summed E-state index contributed by atoms with van der Waals surface area (Å²) in [6.45, 7) is 0. The van der Waals surface area contributed by atoms with Gasteiger partial charge in [0.2, 0.25) is 5.91 Å². The van der Waals surface area contributed by atoms with Crippen LogP contribution in [0.5, 0.6) is 0 Å². The van der Waals surface area contributed by atoms with Gasteiger partial charge in [-0.05, 0) is 48.0 Å². The van der Waals surface area contributed by atoms with Crippen LogP contribution in [-0.4, -0.2) is 39.2 Å². The number of ketones is 1. The molecule has 8 heteroatoms. The van der Waals surface area contributed by atoms with Crippen molar-refractivity contribution in [1.82, 2.24) is 9.88 Å². The number of aromatic nitrogens is 1. The monoisotopic (exact) mass is 479 g/mol. The third-order valence-electron chi connectivity index (χ3n) is 7.07. The molecule has 2 aromatic carbocycles. The van der Waals surface area contributed by atoms with Gasteiger partial charge in [-0.1, -0.05) is 23.7 Å². The normalized spacial score (nSPS) is 28.1. The molecule has 5 nitrogen and oxygen atoms in total. The van der Waals surface area contributed by atoms with Crippen LogP contribution in [-0.2, 0) is 10.3 Å². The van der Waals surface area contributed by atoms with Crippen LogP contribution in [0.2, 0.25) is 5.02 Å². The second kappa shape index (κ2) is 7.65. The minimum absolute atomic E-state index is 0.0678. The van der Waals surface area contributed by atoms with Crippen molar-refractivity contribution in [3.63, 3.8) is 0 Å². The summed E-state index contributed by atoms with van der Waals surface area (Å²) in [5.74, 6) is -0.569. The Hall–Kier alpha value is -2.74. The third-order valence-corrected chi connectivity index (χ3v) is 8.36. The Morgan fingerprint density at radius 1 is 1.21 bits per heavy atom. The number of nitrogens with one attached hydrogen (secondary N) is 1. The molecule has 1 aromatic heterocycles. The Labute approximate surface area is 199 Å². The molecular formula is C25H19ClFN3O2S. The first-order valence-electron chi connectivity index (χ1n) is 10.7. The standard InChI is InChI=1S/C25H19ClFN3O2S/c26-16-5-3-14(4-6-16)21-20-12-33-13-30(20)25(22(21)23(31)15-2-1-9-28-11-15)18-10-17(27)7-8-19(18)29-24(25)32/h1-11,20-22H,12-13H2,(H,29,32)/t20-,21+,22-,25+/m0/s1. The Kier molecular flexibility index (Phi) is 4.83. The Bertz CT molecular complexity index is 1270. The average Bonchev–Trinajstić information content (AvgIpc) is 3.48. The first kappa shape index (κ1) is 20.8. The van der Waals surface area contributed by atoms with Gasteiger partial charge >= 0.3 is 0 Å². The SMILES string of the molecule is O=C(c1cccnc1)[C@@H]1[C@H](c2ccc(Cl)cc2)[C@@H]2CSCN2[C@@]12C(=O)Nc1ccc(F)cc12. The summed E-state index contributed by atoms with van der Waals surface area (Å²) in [4.78, 5) is 34.2. The number of fused-ring (bicyclic) bond motifs is 4. The number of rotatable bonds is 3. The number of carbonyl (C=O) groups is 2. The van der Waals surface area contributed by atoms with E-state index in [2.05, 4.69) is 15.2 Å². The molecule has 0 saturated carbocycles. The van der Waals surface area contributed by atoms with E-state index < -0.39 is 17.3 Å². The molecule has 1 spiro atoms. The van der Waals surface area contributed by atoms with E-state index in [4.69, 9.17) is 11.6 Å². The molecule has 0 unspecified atom stereocenters. The number of pyridine rings is 1. The fourth-order valence-corrected chi connectivity index (χ4v) is 7.25. The molecule has 4 atom stereocenters. The van der Waals surface area contributed by atoms with E-state index in [-0.39, 0.29) is 23.7 Å². The number of hydrogen-bond acceptors (Lipinski definition) is 5. The fraction of sp³-hybridized carbons (Fsp3) is 0.240.